The number of rotatable bonds is 1. The Morgan fingerprint density at radius 3 is 2.48 bits per heavy atom. The molecule has 4 rings (SSSR count). The van der Waals surface area contributed by atoms with E-state index in [9.17, 15) is 9.59 Å². The van der Waals surface area contributed by atoms with Crippen LogP contribution in [0.4, 0.5) is 0 Å². The van der Waals surface area contributed by atoms with Crippen LogP contribution in [-0.2, 0) is 9.59 Å². The van der Waals surface area contributed by atoms with Crippen LogP contribution in [0.3, 0.4) is 0 Å². The lowest BCUT2D eigenvalue weighted by atomic mass is 10.1. The van der Waals surface area contributed by atoms with E-state index in [1.165, 1.54) is 0 Å². The van der Waals surface area contributed by atoms with E-state index in [1.54, 1.807) is 12.4 Å². The lowest BCUT2D eigenvalue weighted by Crippen LogP contribution is -2.41. The van der Waals surface area contributed by atoms with Crippen LogP contribution < -0.4 is 5.32 Å². The molecule has 1 N–H and O–H groups in total. The number of hydrogen-bond acceptors (Lipinski definition) is 3. The zero-order chi connectivity index (χ0) is 18.0. The number of imide groups is 1. The third-order valence-corrected chi connectivity index (χ3v) is 4.04. The average Bonchev–Trinajstić information content (AvgIpc) is 2.89. The molecule has 2 amide bonds. The van der Waals surface area contributed by atoms with Gasteiger partial charge in [0.1, 0.15) is 6.04 Å². The molecule has 2 aromatic heterocycles. The number of aromatic nitrogens is 2. The summed E-state index contributed by atoms with van der Waals surface area (Å²) in [5.74, 6) is 0.396. The predicted molar refractivity (Wildman–Crippen MR) is 99.2 cm³/mol. The molecule has 5 heteroatoms. The van der Waals surface area contributed by atoms with Crippen LogP contribution in [0.2, 0.25) is 0 Å². The summed E-state index contributed by atoms with van der Waals surface area (Å²) in [5.41, 5.74) is 1.92. The molecule has 0 aliphatic carbocycles. The van der Waals surface area contributed by atoms with Crippen molar-refractivity contribution in [2.45, 2.75) is 39.7 Å². The molecular weight excluding hydrogens is 314 g/mol. The van der Waals surface area contributed by atoms with E-state index in [0.29, 0.717) is 12.8 Å². The van der Waals surface area contributed by atoms with Crippen LogP contribution >= 0.6 is 0 Å². The third-order valence-electron chi connectivity index (χ3n) is 4.04. The number of pyridine rings is 1. The van der Waals surface area contributed by atoms with E-state index in [4.69, 9.17) is 0 Å². The molecule has 1 aliphatic rings. The normalized spacial score (nSPS) is 17.5. The minimum Gasteiger partial charge on any atom is -0.327 e. The van der Waals surface area contributed by atoms with E-state index in [1.807, 2.05) is 34.9 Å². The van der Waals surface area contributed by atoms with Crippen molar-refractivity contribution in [2.75, 3.05) is 0 Å². The molecule has 0 unspecified atom stereocenters. The molecule has 25 heavy (non-hydrogen) atoms. The van der Waals surface area contributed by atoms with Gasteiger partial charge in [-0.1, -0.05) is 39.0 Å². The highest BCUT2D eigenvalue weighted by atomic mass is 16.2. The number of hydrogen-bond donors (Lipinski definition) is 1. The second-order valence-electron chi connectivity index (χ2n) is 6.98. The van der Waals surface area contributed by atoms with Gasteiger partial charge >= 0.3 is 0 Å². The Kier molecular flexibility index (Phi) is 4.83. The average molecular weight is 337 g/mol. The zero-order valence-corrected chi connectivity index (χ0v) is 14.8. The molecule has 130 valence electrons. The second-order valence-corrected chi connectivity index (χ2v) is 6.98. The molecule has 1 fully saturated rings. The van der Waals surface area contributed by atoms with Gasteiger partial charge < -0.3 is 4.57 Å². The van der Waals surface area contributed by atoms with Gasteiger partial charge in [0.25, 0.3) is 0 Å². The lowest BCUT2D eigenvalue weighted by molar-refractivity contribution is -0.135. The number of amides is 2. The molecule has 1 atom stereocenters. The molecule has 1 aliphatic heterocycles. The zero-order valence-electron chi connectivity index (χ0n) is 14.8. The number of nitrogens with one attached hydrogen (secondary N) is 1. The van der Waals surface area contributed by atoms with Crippen molar-refractivity contribution in [2.24, 2.45) is 5.92 Å². The van der Waals surface area contributed by atoms with E-state index < -0.39 is 0 Å². The van der Waals surface area contributed by atoms with Gasteiger partial charge in [-0.3, -0.25) is 19.9 Å². The fourth-order valence-corrected chi connectivity index (χ4v) is 3.11. The monoisotopic (exact) mass is 337 g/mol. The maximum absolute atomic E-state index is 12.2. The molecule has 0 radical (unpaired) electrons. The fraction of sp³-hybridized carbons (Fsp3) is 0.350. The summed E-state index contributed by atoms with van der Waals surface area (Å²) in [6.07, 6.45) is 4.42. The molecule has 1 aromatic carbocycles. The number of benzene rings is 1. The largest absolute Gasteiger partial charge is 0.327 e. The van der Waals surface area contributed by atoms with Gasteiger partial charge in [-0.2, -0.15) is 0 Å². The highest BCUT2D eigenvalue weighted by Gasteiger charge is 2.30. The van der Waals surface area contributed by atoms with Gasteiger partial charge in [-0.25, -0.2) is 0 Å². The van der Waals surface area contributed by atoms with Crippen LogP contribution in [0.25, 0.3) is 21.8 Å². The molecule has 0 bridgehead atoms. The molecule has 1 saturated heterocycles. The summed E-state index contributed by atoms with van der Waals surface area (Å²) in [6, 6.07) is 9.57. The van der Waals surface area contributed by atoms with Crippen LogP contribution in [0.1, 0.15) is 39.7 Å². The van der Waals surface area contributed by atoms with Crippen LogP contribution in [0.15, 0.2) is 42.7 Å². The summed E-state index contributed by atoms with van der Waals surface area (Å²) in [6.45, 7) is 6.50. The first-order valence-electron chi connectivity index (χ1n) is 8.65. The van der Waals surface area contributed by atoms with Crippen molar-refractivity contribution in [3.05, 3.63) is 42.7 Å². The summed E-state index contributed by atoms with van der Waals surface area (Å²) in [5, 5.41) is 4.60. The van der Waals surface area contributed by atoms with E-state index in [-0.39, 0.29) is 17.9 Å². The first kappa shape index (κ1) is 17.1. The lowest BCUT2D eigenvalue weighted by Gasteiger charge is -2.23. The highest BCUT2D eigenvalue weighted by Crippen LogP contribution is 2.33. The maximum Gasteiger partial charge on any atom is 0.249 e. The molecule has 3 heterocycles. The Morgan fingerprint density at radius 2 is 1.76 bits per heavy atom. The Labute approximate surface area is 147 Å². The van der Waals surface area contributed by atoms with E-state index in [2.05, 4.69) is 31.1 Å². The smallest absolute Gasteiger partial charge is 0.249 e. The minimum atomic E-state index is -0.366. The van der Waals surface area contributed by atoms with Gasteiger partial charge in [0.2, 0.25) is 11.8 Å². The maximum atomic E-state index is 12.2. The SMILES string of the molecule is CC(C)C.O=C1CC[C@@H](n2c3ccccc3c3ccncc32)C(=O)N1. The van der Waals surface area contributed by atoms with Crippen molar-refractivity contribution in [1.29, 1.82) is 0 Å². The van der Waals surface area contributed by atoms with Crippen molar-refractivity contribution < 1.29 is 9.59 Å². The van der Waals surface area contributed by atoms with Crippen molar-refractivity contribution >= 4 is 33.6 Å². The third kappa shape index (κ3) is 3.40. The van der Waals surface area contributed by atoms with Gasteiger partial charge in [-0.05, 0) is 24.5 Å². The Balaban J connectivity index is 0.000000415. The molecule has 0 saturated carbocycles. The minimum absolute atomic E-state index is 0.199. The molecular formula is C20H23N3O2. The van der Waals surface area contributed by atoms with Crippen molar-refractivity contribution in [3.8, 4) is 0 Å². The topological polar surface area (TPSA) is 64.0 Å². The quantitative estimate of drug-likeness (QED) is 0.686. The summed E-state index contributed by atoms with van der Waals surface area (Å²) >= 11 is 0. The number of para-hydroxylation sites is 1. The number of nitrogens with zero attached hydrogens (tertiary/aromatic N) is 2. The number of carbonyl (C=O) groups is 2. The second kappa shape index (κ2) is 7.05. The van der Waals surface area contributed by atoms with Gasteiger partial charge in [0.15, 0.2) is 0 Å². The van der Waals surface area contributed by atoms with Crippen LogP contribution in [0, 0.1) is 5.92 Å². The van der Waals surface area contributed by atoms with E-state index >= 15 is 0 Å². The number of fused-ring (bicyclic) bond motifs is 3. The summed E-state index contributed by atoms with van der Waals surface area (Å²) < 4.78 is 2.00. The van der Waals surface area contributed by atoms with Crippen LogP contribution in [-0.4, -0.2) is 21.4 Å². The number of carbonyl (C=O) groups excluding carboxylic acids is 2. The van der Waals surface area contributed by atoms with E-state index in [0.717, 1.165) is 27.7 Å². The Bertz CT molecular complexity index is 871. The fourth-order valence-electron chi connectivity index (χ4n) is 3.11. The van der Waals surface area contributed by atoms with Gasteiger partial charge in [-0.15, -0.1) is 0 Å². The Morgan fingerprint density at radius 1 is 1.08 bits per heavy atom. The number of piperidine rings is 1. The van der Waals surface area contributed by atoms with Gasteiger partial charge in [0, 0.05) is 28.9 Å². The highest BCUT2D eigenvalue weighted by molar-refractivity contribution is 6.09. The first-order chi connectivity index (χ1) is 12.0. The molecule has 5 nitrogen and oxygen atoms in total. The molecule has 3 aromatic rings. The summed E-state index contributed by atoms with van der Waals surface area (Å²) in [4.78, 5) is 27.8. The summed E-state index contributed by atoms with van der Waals surface area (Å²) in [7, 11) is 0. The van der Waals surface area contributed by atoms with Crippen molar-refractivity contribution in [3.63, 3.8) is 0 Å². The Hall–Kier alpha value is -2.69. The predicted octanol–water partition coefficient (Wildman–Crippen LogP) is 3.83. The standard InChI is InChI=1S/C16H13N3O2.C4H10/c20-15-6-5-13(16(21)18-15)19-12-4-2-1-3-10(12)11-7-8-17-9-14(11)19;1-4(2)3/h1-4,7-9,13H,5-6H2,(H,18,20,21);4H,1-3H3/t13-;/m1./s1. The van der Waals surface area contributed by atoms with Crippen molar-refractivity contribution in [1.82, 2.24) is 14.9 Å². The van der Waals surface area contributed by atoms with Crippen LogP contribution in [0.5, 0.6) is 0 Å². The molecule has 0 spiro atoms. The van der Waals surface area contributed by atoms with Gasteiger partial charge in [0.05, 0.1) is 11.7 Å². The first-order valence-corrected chi connectivity index (χ1v) is 8.65.